The van der Waals surface area contributed by atoms with Gasteiger partial charge in [0.1, 0.15) is 6.54 Å². The largest absolute Gasteiger partial charge is 0.427 e. The molecule has 11 nitrogen and oxygen atoms in total. The molecule has 5 heterocycles. The Kier molecular flexibility index (Phi) is 7.17. The summed E-state index contributed by atoms with van der Waals surface area (Å²) in [5.41, 5.74) is 6.37. The Bertz CT molecular complexity index is 1520. The van der Waals surface area contributed by atoms with Crippen molar-refractivity contribution in [2.45, 2.75) is 83.6 Å². The van der Waals surface area contributed by atoms with Crippen molar-refractivity contribution in [2.24, 2.45) is 11.8 Å². The first-order chi connectivity index (χ1) is 20.4. The van der Waals surface area contributed by atoms with Gasteiger partial charge in [0, 0.05) is 31.0 Å². The summed E-state index contributed by atoms with van der Waals surface area (Å²) in [4.78, 5) is 49.3. The number of hydrogen-bond donors (Lipinski definition) is 2. The number of piperazine rings is 1. The van der Waals surface area contributed by atoms with Crippen LogP contribution in [0, 0.1) is 11.8 Å². The van der Waals surface area contributed by atoms with Gasteiger partial charge in [-0.3, -0.25) is 15.1 Å². The average molecular weight is 593 g/mol. The maximum absolute atomic E-state index is 13.4. The van der Waals surface area contributed by atoms with Gasteiger partial charge in [0.15, 0.2) is 6.17 Å². The van der Waals surface area contributed by atoms with E-state index in [1.165, 1.54) is 12.8 Å². The van der Waals surface area contributed by atoms with E-state index in [1.54, 1.807) is 12.4 Å². The van der Waals surface area contributed by atoms with Gasteiger partial charge in [-0.1, -0.05) is 31.4 Å². The van der Waals surface area contributed by atoms with Crippen LogP contribution in [-0.2, 0) is 16.2 Å². The average Bonchev–Trinajstić information content (AvgIpc) is 3.72. The van der Waals surface area contributed by atoms with E-state index >= 15 is 0 Å². The third-order valence-electron chi connectivity index (χ3n) is 9.57. The maximum atomic E-state index is 13.4. The van der Waals surface area contributed by atoms with Crippen molar-refractivity contribution in [3.8, 4) is 11.3 Å². The number of nitrogens with zero attached hydrogens (tertiary/aromatic N) is 6. The number of nitrogens with one attached hydrogen (secondary N) is 2. The summed E-state index contributed by atoms with van der Waals surface area (Å²) in [6.45, 7) is 6.23. The Hall–Kier alpha value is -3.44. The Labute approximate surface area is 249 Å². The van der Waals surface area contributed by atoms with Crippen LogP contribution in [0.3, 0.4) is 0 Å². The zero-order valence-corrected chi connectivity index (χ0v) is 24.8. The first-order valence-corrected chi connectivity index (χ1v) is 15.6. The highest BCUT2D eigenvalue weighted by Crippen LogP contribution is 2.40. The summed E-state index contributed by atoms with van der Waals surface area (Å²) >= 11 is 6.42. The first-order valence-electron chi connectivity index (χ1n) is 15.2. The summed E-state index contributed by atoms with van der Waals surface area (Å²) in [5, 5.41) is 3.26. The van der Waals surface area contributed by atoms with Crippen LogP contribution in [0.5, 0.6) is 0 Å². The van der Waals surface area contributed by atoms with Gasteiger partial charge in [-0.15, -0.1) is 5.48 Å². The molecule has 0 radical (unpaired) electrons. The normalized spacial score (nSPS) is 27.8. The van der Waals surface area contributed by atoms with Crippen LogP contribution >= 0.6 is 11.6 Å². The molecule has 12 heteroatoms. The van der Waals surface area contributed by atoms with E-state index in [0.29, 0.717) is 28.9 Å². The fourth-order valence-corrected chi connectivity index (χ4v) is 7.63. The van der Waals surface area contributed by atoms with Crippen molar-refractivity contribution >= 4 is 40.6 Å². The Morgan fingerprint density at radius 3 is 2.60 bits per heavy atom. The molecule has 222 valence electrons. The van der Waals surface area contributed by atoms with E-state index < -0.39 is 12.3 Å². The summed E-state index contributed by atoms with van der Waals surface area (Å²) < 4.78 is 2.31. The number of anilines is 1. The third kappa shape index (κ3) is 4.86. The second-order valence-electron chi connectivity index (χ2n) is 12.3. The number of pyridine rings is 2. The van der Waals surface area contributed by atoms with Gasteiger partial charge in [-0.2, -0.15) is 0 Å². The fourth-order valence-electron chi connectivity index (χ4n) is 7.46. The topological polar surface area (TPSA) is 118 Å². The molecule has 0 spiro atoms. The van der Waals surface area contributed by atoms with Crippen molar-refractivity contribution in [3.05, 3.63) is 35.2 Å². The lowest BCUT2D eigenvalue weighted by molar-refractivity contribution is -0.134. The standard InChI is InChI=1S/C30H37ClN8O3/c1-3-37-23-5-4-6-24(23)38(16-25(37)40)29-34-21-12-22(28-35-30(41)42-36-28)33-26(19-11-20(31)14-32-13-19)27(21)39(29)15-18-9-7-17(2)8-10-18/h11-14,17-18,23-24,28,36H,3-10,15-16H2,1-2H3,(H,35,41)/t17?,18?,23-,24-,28?/m1/s1. The van der Waals surface area contributed by atoms with Crippen LogP contribution in [0.2, 0.25) is 5.02 Å². The van der Waals surface area contributed by atoms with Crippen LogP contribution in [0.4, 0.5) is 10.7 Å². The SMILES string of the molecule is CCN1C(=O)CN(c2nc3cc(C4NOC(=O)N4)nc(-c4cncc(Cl)c4)c3n2CC2CCC(C)CC2)[C@@H]2CCC[C@H]21. The zero-order chi connectivity index (χ0) is 29.0. The molecule has 7 rings (SSSR count). The summed E-state index contributed by atoms with van der Waals surface area (Å²) in [6, 6.07) is 4.17. The molecular weight excluding hydrogens is 556 g/mol. The number of aromatic nitrogens is 4. The van der Waals surface area contributed by atoms with Gasteiger partial charge in [0.05, 0.1) is 39.5 Å². The lowest BCUT2D eigenvalue weighted by atomic mass is 9.83. The summed E-state index contributed by atoms with van der Waals surface area (Å²) in [7, 11) is 0. The molecule has 1 unspecified atom stereocenters. The van der Waals surface area contributed by atoms with Crippen molar-refractivity contribution < 1.29 is 14.4 Å². The summed E-state index contributed by atoms with van der Waals surface area (Å²) in [5.74, 6) is 2.21. The van der Waals surface area contributed by atoms with Gasteiger partial charge < -0.3 is 19.2 Å². The van der Waals surface area contributed by atoms with E-state index in [9.17, 15) is 9.59 Å². The number of hydroxylamine groups is 1. The van der Waals surface area contributed by atoms with Crippen LogP contribution in [0.25, 0.3) is 22.3 Å². The predicted molar refractivity (Wildman–Crippen MR) is 159 cm³/mol. The Morgan fingerprint density at radius 1 is 1.05 bits per heavy atom. The van der Waals surface area contributed by atoms with Gasteiger partial charge in [0.25, 0.3) is 0 Å². The molecule has 0 bridgehead atoms. The molecule has 2 saturated carbocycles. The number of hydrogen-bond acceptors (Lipinski definition) is 8. The molecule has 3 aromatic rings. The Morgan fingerprint density at radius 2 is 1.86 bits per heavy atom. The molecular formula is C30H37ClN8O3. The number of imidazole rings is 1. The van der Waals surface area contributed by atoms with Crippen molar-refractivity contribution in [3.63, 3.8) is 0 Å². The predicted octanol–water partition coefficient (Wildman–Crippen LogP) is 4.81. The minimum atomic E-state index is -0.630. The van der Waals surface area contributed by atoms with Gasteiger partial charge in [0.2, 0.25) is 11.9 Å². The molecule has 2 aliphatic heterocycles. The fraction of sp³-hybridized carbons (Fsp3) is 0.567. The smallest absolute Gasteiger partial charge is 0.351 e. The van der Waals surface area contributed by atoms with Gasteiger partial charge in [-0.25, -0.2) is 14.8 Å². The van der Waals surface area contributed by atoms with Gasteiger partial charge in [-0.05, 0) is 63.0 Å². The van der Waals surface area contributed by atoms with E-state index in [1.807, 2.05) is 12.1 Å². The monoisotopic (exact) mass is 592 g/mol. The second kappa shape index (κ2) is 11.0. The number of amides is 2. The minimum absolute atomic E-state index is 0.152. The maximum Gasteiger partial charge on any atom is 0.427 e. The number of carbonyl (C=O) groups excluding carboxylic acids is 2. The highest BCUT2D eigenvalue weighted by atomic mass is 35.5. The molecule has 4 fully saturated rings. The Balaban J connectivity index is 1.42. The van der Waals surface area contributed by atoms with E-state index in [0.717, 1.165) is 73.7 Å². The van der Waals surface area contributed by atoms with Gasteiger partial charge >= 0.3 is 6.09 Å². The molecule has 2 saturated heterocycles. The molecule has 3 atom stereocenters. The highest BCUT2D eigenvalue weighted by molar-refractivity contribution is 6.30. The number of likely N-dealkylation sites (N-methyl/N-ethyl adjacent to an activating group) is 1. The zero-order valence-electron chi connectivity index (χ0n) is 24.1. The van der Waals surface area contributed by atoms with E-state index in [4.69, 9.17) is 26.4 Å². The molecule has 42 heavy (non-hydrogen) atoms. The van der Waals surface area contributed by atoms with E-state index in [-0.39, 0.29) is 18.0 Å². The highest BCUT2D eigenvalue weighted by Gasteiger charge is 2.44. The van der Waals surface area contributed by atoms with Crippen LogP contribution in [-0.4, -0.2) is 61.6 Å². The van der Waals surface area contributed by atoms with Crippen molar-refractivity contribution in [2.75, 3.05) is 18.0 Å². The number of carbonyl (C=O) groups is 2. The third-order valence-corrected chi connectivity index (χ3v) is 9.78. The summed E-state index contributed by atoms with van der Waals surface area (Å²) in [6.07, 6.45) is 10.0. The lowest BCUT2D eigenvalue weighted by Gasteiger charge is -2.44. The number of halogens is 1. The van der Waals surface area contributed by atoms with Crippen LogP contribution in [0.15, 0.2) is 24.5 Å². The molecule has 2 aliphatic carbocycles. The molecule has 2 N–H and O–H groups in total. The molecule has 3 aromatic heterocycles. The van der Waals surface area contributed by atoms with Crippen molar-refractivity contribution in [1.82, 2.24) is 35.2 Å². The number of rotatable bonds is 6. The van der Waals surface area contributed by atoms with Crippen molar-refractivity contribution in [1.29, 1.82) is 0 Å². The molecule has 0 aromatic carbocycles. The molecule has 4 aliphatic rings. The quantitative estimate of drug-likeness (QED) is 0.419. The van der Waals surface area contributed by atoms with Crippen LogP contribution < -0.4 is 15.7 Å². The van der Waals surface area contributed by atoms with E-state index in [2.05, 4.69) is 44.0 Å². The number of fused-ring (bicyclic) bond motifs is 2. The molecule has 2 amide bonds. The minimum Gasteiger partial charge on any atom is -0.351 e. The first kappa shape index (κ1) is 27.4. The second-order valence-corrected chi connectivity index (χ2v) is 12.7. The van der Waals surface area contributed by atoms with Crippen LogP contribution in [0.1, 0.15) is 70.7 Å². The lowest BCUT2D eigenvalue weighted by Crippen LogP contribution is -2.60.